The fourth-order valence-corrected chi connectivity index (χ4v) is 20.1. The predicted molar refractivity (Wildman–Crippen MR) is 548 cm³/mol. The number of anilines is 18. The number of benzene rings is 16. The number of ether oxygens (including phenoxy) is 1. The molecule has 5 aliphatic heterocycles. The van der Waals surface area contributed by atoms with E-state index in [1.165, 1.54) is 144 Å². The van der Waals surface area contributed by atoms with Crippen LogP contribution in [0.5, 0.6) is 11.5 Å². The summed E-state index contributed by atoms with van der Waals surface area (Å²) in [6.45, 7) is 38.7. The molecule has 16 aromatic rings. The van der Waals surface area contributed by atoms with E-state index in [1.807, 2.05) is 47.8 Å². The minimum Gasteiger partial charge on any atom is -0.453 e. The highest BCUT2D eigenvalue weighted by Crippen LogP contribution is 2.59. The van der Waals surface area contributed by atoms with Crippen LogP contribution < -0.4 is 34.1 Å². The zero-order chi connectivity index (χ0) is 89.4. The van der Waals surface area contributed by atoms with Gasteiger partial charge in [0.25, 0.3) is 0 Å². The van der Waals surface area contributed by atoms with E-state index in [2.05, 4.69) is 517 Å². The molecule has 0 atom stereocenters. The van der Waals surface area contributed by atoms with Crippen molar-refractivity contribution >= 4 is 126 Å². The molecule has 0 bridgehead atoms. The van der Waals surface area contributed by atoms with Gasteiger partial charge < -0.3 is 34.1 Å². The van der Waals surface area contributed by atoms with Crippen LogP contribution in [0.1, 0.15) is 157 Å². The molecule has 16 aromatic carbocycles. The SMILES string of the molecule is CC(C)(C)c1ccc2c(c1)N(c1ccccc1)c1ccccc1N2c1ccccc1.CC(C)(C)c1cccc(N2c3ccccc3C(C)(C)c3ccccc32)c1.CC(C)(C)c1cccc(N2c3ccccc3Oc3ccccc32)c1.CC(C)(C)c1cccc(N2c3ccccc3Sc3ccccc32)c1.CC(C)(C)c1cccc2c1Sc1ccccc1N2c1ccccc1. The molecule has 21 rings (SSSR count). The fourth-order valence-electron chi connectivity index (χ4n) is 17.6. The lowest BCUT2D eigenvalue weighted by Gasteiger charge is -2.42. The van der Waals surface area contributed by atoms with E-state index in [9.17, 15) is 0 Å². The number of hydrogen-bond acceptors (Lipinski definition) is 9. The summed E-state index contributed by atoms with van der Waals surface area (Å²) in [7, 11) is 0. The Bertz CT molecular complexity index is 6360. The van der Waals surface area contributed by atoms with Crippen LogP contribution in [-0.2, 0) is 32.5 Å². The Hall–Kier alpha value is -13.2. The average molecular weight is 1710 g/mol. The summed E-state index contributed by atoms with van der Waals surface area (Å²) < 4.78 is 6.09. The molecule has 5 heterocycles. The van der Waals surface area contributed by atoms with Gasteiger partial charge in [0.05, 0.1) is 68.2 Å². The summed E-state index contributed by atoms with van der Waals surface area (Å²) in [5.41, 5.74) is 31.8. The van der Waals surface area contributed by atoms with Gasteiger partial charge in [-0.2, -0.15) is 0 Å². The van der Waals surface area contributed by atoms with Gasteiger partial charge >= 0.3 is 0 Å². The second-order valence-electron chi connectivity index (χ2n) is 39.1. The van der Waals surface area contributed by atoms with E-state index < -0.39 is 0 Å². The molecule has 0 amide bonds. The fraction of sp³-hybridized carbons (Fsp3) is 0.193. The standard InChI is InChI=1S/C28H26N2.C25H27N.C22H21NO.2C22H21NS/c1-28(2,3)21-18-19-26-27(20-21)30(23-14-8-5-9-15-23)25-17-11-10-16-24(25)29(26)22-12-6-4-7-13-22;1-24(2,3)18-11-10-12-19(17-18)26-22-15-8-6-13-20(22)25(4,5)21-14-7-9-16-23(21)26;2*1-22(2,3)16-9-8-10-17(15-16)23-18-11-4-6-13-20(18)24-21-14-7-5-12-19(21)23;1-22(2,3)17-12-9-14-19-21(17)24-20-15-8-7-13-18(20)23(19)16-10-5-4-6-11-16/h4-20H,1-3H3;6-17H,1-5H3;3*4-15H,1-3H3. The quantitative estimate of drug-likeness (QED) is 0.161. The molecule has 9 heteroatoms. The summed E-state index contributed by atoms with van der Waals surface area (Å²) in [6.07, 6.45) is 0. The van der Waals surface area contributed by atoms with E-state index in [1.54, 1.807) is 0 Å². The maximum absolute atomic E-state index is 6.09. The number of hydrogen-bond donors (Lipinski definition) is 0. The first kappa shape index (κ1) is 86.9. The second-order valence-corrected chi connectivity index (χ2v) is 41.2. The molecular formula is C119H116N6OS2. The van der Waals surface area contributed by atoms with Crippen LogP contribution in [-0.4, -0.2) is 0 Å². The molecule has 7 nitrogen and oxygen atoms in total. The van der Waals surface area contributed by atoms with Crippen LogP contribution in [0.15, 0.2) is 414 Å². The van der Waals surface area contributed by atoms with Gasteiger partial charge in [-0.25, -0.2) is 0 Å². The van der Waals surface area contributed by atoms with Crippen molar-refractivity contribution in [3.05, 3.63) is 433 Å². The van der Waals surface area contributed by atoms with Crippen LogP contribution >= 0.6 is 23.5 Å². The third-order valence-electron chi connectivity index (χ3n) is 24.5. The third kappa shape index (κ3) is 17.8. The Morgan fingerprint density at radius 3 is 0.875 bits per heavy atom. The summed E-state index contributed by atoms with van der Waals surface area (Å²) in [6, 6.07) is 141. The van der Waals surface area contributed by atoms with Gasteiger partial charge in [0.1, 0.15) is 0 Å². The van der Waals surface area contributed by atoms with Crippen LogP contribution in [0.25, 0.3) is 0 Å². The number of nitrogens with zero attached hydrogens (tertiary/aromatic N) is 6. The Kier molecular flexibility index (Phi) is 24.2. The Labute approximate surface area is 769 Å². The Morgan fingerprint density at radius 1 is 0.203 bits per heavy atom. The highest BCUT2D eigenvalue weighted by atomic mass is 32.2. The zero-order valence-corrected chi connectivity index (χ0v) is 78.6. The summed E-state index contributed by atoms with van der Waals surface area (Å²) in [5.74, 6) is 1.77. The van der Waals surface area contributed by atoms with Gasteiger partial charge in [-0.1, -0.05) is 360 Å². The van der Waals surface area contributed by atoms with Crippen molar-refractivity contribution in [3.8, 4) is 11.5 Å². The molecule has 0 radical (unpaired) electrons. The van der Waals surface area contributed by atoms with Crippen LogP contribution in [0.2, 0.25) is 0 Å². The van der Waals surface area contributed by atoms with Gasteiger partial charge in [-0.15, -0.1) is 0 Å². The summed E-state index contributed by atoms with van der Waals surface area (Å²) in [4.78, 5) is 19.5. The molecule has 0 fully saturated rings. The van der Waals surface area contributed by atoms with Gasteiger partial charge in [0.15, 0.2) is 11.5 Å². The maximum Gasteiger partial charge on any atom is 0.151 e. The van der Waals surface area contributed by atoms with Crippen molar-refractivity contribution < 1.29 is 4.74 Å². The first-order valence-corrected chi connectivity index (χ1v) is 46.4. The molecule has 0 aromatic heterocycles. The molecule has 640 valence electrons. The number of fused-ring (bicyclic) bond motifs is 10. The largest absolute Gasteiger partial charge is 0.453 e. The topological polar surface area (TPSA) is 28.7 Å². The minimum atomic E-state index is -0.00861. The van der Waals surface area contributed by atoms with E-state index >= 15 is 0 Å². The first-order valence-electron chi connectivity index (χ1n) is 44.8. The highest BCUT2D eigenvalue weighted by molar-refractivity contribution is 8.00. The van der Waals surface area contributed by atoms with Gasteiger partial charge in [0.2, 0.25) is 0 Å². The highest BCUT2D eigenvalue weighted by Gasteiger charge is 2.39. The molecule has 128 heavy (non-hydrogen) atoms. The van der Waals surface area contributed by atoms with Crippen LogP contribution in [0.3, 0.4) is 0 Å². The lowest BCUT2D eigenvalue weighted by atomic mass is 9.73. The summed E-state index contributed by atoms with van der Waals surface area (Å²) >= 11 is 3.74. The van der Waals surface area contributed by atoms with Crippen molar-refractivity contribution in [1.29, 1.82) is 0 Å². The molecule has 0 saturated heterocycles. The Morgan fingerprint density at radius 2 is 0.477 bits per heavy atom. The van der Waals surface area contributed by atoms with Crippen molar-refractivity contribution in [3.63, 3.8) is 0 Å². The van der Waals surface area contributed by atoms with Crippen molar-refractivity contribution in [2.24, 2.45) is 0 Å². The van der Waals surface area contributed by atoms with Crippen LogP contribution in [0.4, 0.5) is 102 Å². The van der Waals surface area contributed by atoms with Gasteiger partial charge in [-0.3, -0.25) is 0 Å². The van der Waals surface area contributed by atoms with Crippen molar-refractivity contribution in [2.75, 3.05) is 29.4 Å². The monoisotopic (exact) mass is 1710 g/mol. The molecule has 5 aliphatic rings. The zero-order valence-electron chi connectivity index (χ0n) is 76.9. The smallest absolute Gasteiger partial charge is 0.151 e. The van der Waals surface area contributed by atoms with E-state index in [0.717, 1.165) is 28.6 Å². The molecular weight excluding hydrogens is 1590 g/mol. The normalized spacial score (nSPS) is 13.6. The average Bonchev–Trinajstić information content (AvgIpc) is 0.722. The third-order valence-corrected chi connectivity index (χ3v) is 26.8. The van der Waals surface area contributed by atoms with Crippen LogP contribution in [0, 0.1) is 0 Å². The maximum atomic E-state index is 6.09. The minimum absolute atomic E-state index is 0.00861. The van der Waals surface area contributed by atoms with Gasteiger partial charge in [0, 0.05) is 59.1 Å². The molecule has 0 N–H and O–H groups in total. The van der Waals surface area contributed by atoms with Crippen molar-refractivity contribution in [1.82, 2.24) is 0 Å². The Balaban J connectivity index is 0.000000113. The molecule has 0 saturated carbocycles. The van der Waals surface area contributed by atoms with Gasteiger partial charge in [-0.05, 0) is 242 Å². The van der Waals surface area contributed by atoms with Crippen molar-refractivity contribution in [2.45, 2.75) is 170 Å². The van der Waals surface area contributed by atoms with E-state index in [0.29, 0.717) is 0 Å². The molecule has 0 spiro atoms. The second kappa shape index (κ2) is 35.6. The predicted octanol–water partition coefficient (Wildman–Crippen LogP) is 35.7. The van der Waals surface area contributed by atoms with E-state index in [-0.39, 0.29) is 32.5 Å². The first-order chi connectivity index (χ1) is 61.5. The number of para-hydroxylation sites is 14. The lowest BCUT2D eigenvalue weighted by Crippen LogP contribution is -2.30. The number of rotatable bonds is 6. The lowest BCUT2D eigenvalue weighted by molar-refractivity contribution is 0.477. The summed E-state index contributed by atoms with van der Waals surface area (Å²) in [5, 5.41) is 0. The molecule has 0 aliphatic carbocycles. The molecule has 0 unspecified atom stereocenters. The van der Waals surface area contributed by atoms with E-state index in [4.69, 9.17) is 4.74 Å².